The number of likely N-dealkylation sites (N-methyl/N-ethyl adjacent to an activating group) is 1. The van der Waals surface area contributed by atoms with Gasteiger partial charge in [-0.05, 0) is 32.5 Å². The van der Waals surface area contributed by atoms with Crippen molar-refractivity contribution in [1.82, 2.24) is 10.2 Å². The number of fused-ring (bicyclic) bond motifs is 1. The molecule has 1 aromatic heterocycles. The van der Waals surface area contributed by atoms with Gasteiger partial charge in [-0.25, -0.2) is 0 Å². The van der Waals surface area contributed by atoms with E-state index in [1.54, 1.807) is 0 Å². The Labute approximate surface area is 97.8 Å². The first-order valence-electron chi connectivity index (χ1n) is 6.29. The smallest absolute Gasteiger partial charge is 0.108 e. The highest BCUT2D eigenvalue weighted by Crippen LogP contribution is 2.30. The minimum absolute atomic E-state index is 0.507. The number of furan rings is 1. The van der Waals surface area contributed by atoms with Crippen molar-refractivity contribution < 1.29 is 4.42 Å². The summed E-state index contributed by atoms with van der Waals surface area (Å²) < 4.78 is 5.48. The molecule has 16 heavy (non-hydrogen) atoms. The second kappa shape index (κ2) is 5.51. The van der Waals surface area contributed by atoms with Gasteiger partial charge in [-0.1, -0.05) is 6.92 Å². The summed E-state index contributed by atoms with van der Waals surface area (Å²) in [5.41, 5.74) is 1.38. The van der Waals surface area contributed by atoms with Crippen LogP contribution in [0.15, 0.2) is 16.7 Å². The fourth-order valence-corrected chi connectivity index (χ4v) is 2.29. The van der Waals surface area contributed by atoms with Crippen LogP contribution >= 0.6 is 0 Å². The molecule has 90 valence electrons. The van der Waals surface area contributed by atoms with Crippen molar-refractivity contribution in [1.29, 1.82) is 0 Å². The van der Waals surface area contributed by atoms with Gasteiger partial charge in [-0.3, -0.25) is 0 Å². The number of aryl methyl sites for hydroxylation is 1. The van der Waals surface area contributed by atoms with Gasteiger partial charge < -0.3 is 14.6 Å². The highest BCUT2D eigenvalue weighted by molar-refractivity contribution is 5.23. The lowest BCUT2D eigenvalue weighted by atomic mass is 9.93. The van der Waals surface area contributed by atoms with E-state index in [9.17, 15) is 0 Å². The maximum atomic E-state index is 5.48. The van der Waals surface area contributed by atoms with E-state index in [0.717, 1.165) is 26.1 Å². The molecule has 0 saturated carbocycles. The number of rotatable bonds is 5. The molecule has 0 radical (unpaired) electrons. The number of hydrogen-bond donors (Lipinski definition) is 1. The van der Waals surface area contributed by atoms with Crippen LogP contribution in [0.2, 0.25) is 0 Å². The van der Waals surface area contributed by atoms with E-state index in [1.165, 1.54) is 24.2 Å². The SMILES string of the molecule is CCN(C)CCNC1CCCc2occc21. The summed E-state index contributed by atoms with van der Waals surface area (Å²) in [5, 5.41) is 3.63. The molecule has 0 amide bonds. The predicted molar refractivity (Wildman–Crippen MR) is 65.6 cm³/mol. The first kappa shape index (κ1) is 11.7. The molecule has 1 aliphatic carbocycles. The molecule has 0 fully saturated rings. The van der Waals surface area contributed by atoms with E-state index < -0.39 is 0 Å². The second-order valence-corrected chi connectivity index (χ2v) is 4.59. The van der Waals surface area contributed by atoms with Gasteiger partial charge in [0.05, 0.1) is 6.26 Å². The summed E-state index contributed by atoms with van der Waals surface area (Å²) in [7, 11) is 2.16. The summed E-state index contributed by atoms with van der Waals surface area (Å²) in [4.78, 5) is 2.33. The number of nitrogens with zero attached hydrogens (tertiary/aromatic N) is 1. The molecule has 1 aromatic rings. The minimum Gasteiger partial charge on any atom is -0.469 e. The molecule has 0 bridgehead atoms. The van der Waals surface area contributed by atoms with Crippen LogP contribution in [0, 0.1) is 0 Å². The van der Waals surface area contributed by atoms with Crippen LogP contribution in [-0.4, -0.2) is 31.6 Å². The van der Waals surface area contributed by atoms with Crippen LogP contribution in [-0.2, 0) is 6.42 Å². The zero-order valence-electron chi connectivity index (χ0n) is 10.3. The lowest BCUT2D eigenvalue weighted by molar-refractivity contribution is 0.330. The monoisotopic (exact) mass is 222 g/mol. The molecule has 1 heterocycles. The van der Waals surface area contributed by atoms with E-state index in [0.29, 0.717) is 6.04 Å². The van der Waals surface area contributed by atoms with Gasteiger partial charge in [0.1, 0.15) is 5.76 Å². The fourth-order valence-electron chi connectivity index (χ4n) is 2.29. The molecular formula is C13H22N2O. The van der Waals surface area contributed by atoms with Crippen LogP contribution in [0.25, 0.3) is 0 Å². The van der Waals surface area contributed by atoms with E-state index in [-0.39, 0.29) is 0 Å². The Bertz CT molecular complexity index is 321. The third-order valence-electron chi connectivity index (χ3n) is 3.48. The summed E-state index contributed by atoms with van der Waals surface area (Å²) in [5.74, 6) is 1.19. The lowest BCUT2D eigenvalue weighted by Crippen LogP contribution is -2.32. The van der Waals surface area contributed by atoms with Crippen molar-refractivity contribution in [2.24, 2.45) is 0 Å². The Morgan fingerprint density at radius 2 is 2.44 bits per heavy atom. The Morgan fingerprint density at radius 3 is 3.25 bits per heavy atom. The first-order valence-corrected chi connectivity index (χ1v) is 6.29. The molecular weight excluding hydrogens is 200 g/mol. The van der Waals surface area contributed by atoms with Crippen LogP contribution in [0.5, 0.6) is 0 Å². The fraction of sp³-hybridized carbons (Fsp3) is 0.692. The van der Waals surface area contributed by atoms with Gasteiger partial charge in [0.2, 0.25) is 0 Å². The van der Waals surface area contributed by atoms with Crippen molar-refractivity contribution >= 4 is 0 Å². The maximum Gasteiger partial charge on any atom is 0.108 e. The van der Waals surface area contributed by atoms with E-state index in [2.05, 4.69) is 30.3 Å². The van der Waals surface area contributed by atoms with Gasteiger partial charge in [-0.2, -0.15) is 0 Å². The first-order chi connectivity index (χ1) is 7.81. The van der Waals surface area contributed by atoms with Crippen LogP contribution < -0.4 is 5.32 Å². The van der Waals surface area contributed by atoms with Crippen molar-refractivity contribution in [3.8, 4) is 0 Å². The molecule has 3 nitrogen and oxygen atoms in total. The molecule has 1 N–H and O–H groups in total. The Morgan fingerprint density at radius 1 is 1.56 bits per heavy atom. The Kier molecular flexibility index (Phi) is 4.02. The van der Waals surface area contributed by atoms with E-state index in [1.807, 2.05) is 6.26 Å². The standard InChI is InChI=1S/C13H22N2O/c1-3-15(2)9-8-14-12-5-4-6-13-11(12)7-10-16-13/h7,10,12,14H,3-6,8-9H2,1-2H3. The van der Waals surface area contributed by atoms with E-state index >= 15 is 0 Å². The minimum atomic E-state index is 0.507. The third-order valence-corrected chi connectivity index (χ3v) is 3.48. The molecule has 1 atom stereocenters. The third kappa shape index (κ3) is 2.66. The quantitative estimate of drug-likeness (QED) is 0.828. The summed E-state index contributed by atoms with van der Waals surface area (Å²) in [6.07, 6.45) is 5.41. The summed E-state index contributed by atoms with van der Waals surface area (Å²) >= 11 is 0. The molecule has 2 rings (SSSR count). The van der Waals surface area contributed by atoms with Gasteiger partial charge >= 0.3 is 0 Å². The Hall–Kier alpha value is -0.800. The molecule has 0 aliphatic heterocycles. The predicted octanol–water partition coefficient (Wildman–Crippen LogP) is 2.20. The zero-order valence-corrected chi connectivity index (χ0v) is 10.3. The zero-order chi connectivity index (χ0) is 11.4. The van der Waals surface area contributed by atoms with Crippen molar-refractivity contribution in [3.63, 3.8) is 0 Å². The van der Waals surface area contributed by atoms with Gasteiger partial charge in [-0.15, -0.1) is 0 Å². The van der Waals surface area contributed by atoms with Gasteiger partial charge in [0.15, 0.2) is 0 Å². The van der Waals surface area contributed by atoms with Gasteiger partial charge in [0, 0.05) is 31.1 Å². The Balaban J connectivity index is 1.83. The summed E-state index contributed by atoms with van der Waals surface area (Å²) in [6, 6.07) is 2.63. The molecule has 3 heteroatoms. The molecule has 0 spiro atoms. The van der Waals surface area contributed by atoms with E-state index in [4.69, 9.17) is 4.42 Å². The molecule has 1 aliphatic rings. The molecule has 0 saturated heterocycles. The van der Waals surface area contributed by atoms with Crippen LogP contribution in [0.4, 0.5) is 0 Å². The largest absolute Gasteiger partial charge is 0.469 e. The van der Waals surface area contributed by atoms with Crippen LogP contribution in [0.3, 0.4) is 0 Å². The topological polar surface area (TPSA) is 28.4 Å². The van der Waals surface area contributed by atoms with Crippen LogP contribution in [0.1, 0.15) is 37.1 Å². The average molecular weight is 222 g/mol. The number of nitrogens with one attached hydrogen (secondary N) is 1. The highest BCUT2D eigenvalue weighted by atomic mass is 16.3. The van der Waals surface area contributed by atoms with Crippen molar-refractivity contribution in [2.45, 2.75) is 32.2 Å². The summed E-state index contributed by atoms with van der Waals surface area (Å²) in [6.45, 7) is 5.47. The van der Waals surface area contributed by atoms with Crippen molar-refractivity contribution in [2.75, 3.05) is 26.7 Å². The molecule has 0 aromatic carbocycles. The number of hydrogen-bond acceptors (Lipinski definition) is 3. The van der Waals surface area contributed by atoms with Gasteiger partial charge in [0.25, 0.3) is 0 Å². The normalized spacial score (nSPS) is 20.1. The maximum absolute atomic E-state index is 5.48. The molecule has 1 unspecified atom stereocenters. The lowest BCUT2D eigenvalue weighted by Gasteiger charge is -2.24. The van der Waals surface area contributed by atoms with Crippen molar-refractivity contribution in [3.05, 3.63) is 23.7 Å². The highest BCUT2D eigenvalue weighted by Gasteiger charge is 2.21. The second-order valence-electron chi connectivity index (χ2n) is 4.59. The average Bonchev–Trinajstić information content (AvgIpc) is 2.77.